The van der Waals surface area contributed by atoms with Crippen molar-refractivity contribution in [2.75, 3.05) is 20.1 Å². The highest BCUT2D eigenvalue weighted by Crippen LogP contribution is 2.18. The molecule has 0 aromatic carbocycles. The van der Waals surface area contributed by atoms with Crippen LogP contribution in [0.3, 0.4) is 0 Å². The number of amides is 1. The summed E-state index contributed by atoms with van der Waals surface area (Å²) in [6, 6.07) is 0.340. The van der Waals surface area contributed by atoms with Gasteiger partial charge in [0.25, 0.3) is 0 Å². The lowest BCUT2D eigenvalue weighted by Gasteiger charge is -2.32. The largest absolute Gasteiger partial charge is 0.343 e. The first-order valence-corrected chi connectivity index (χ1v) is 6.01. The minimum Gasteiger partial charge on any atom is -0.343 e. The number of hydrogen-bond acceptors (Lipinski definition) is 2. The molecule has 15 heavy (non-hydrogen) atoms. The molecule has 1 saturated heterocycles. The lowest BCUT2D eigenvalue weighted by Crippen LogP contribution is -2.44. The second-order valence-corrected chi connectivity index (χ2v) is 4.96. The fourth-order valence-corrected chi connectivity index (χ4v) is 2.00. The van der Waals surface area contributed by atoms with Crippen molar-refractivity contribution in [1.82, 2.24) is 10.2 Å². The molecule has 0 aromatic rings. The van der Waals surface area contributed by atoms with Crippen molar-refractivity contribution in [3.8, 4) is 0 Å². The van der Waals surface area contributed by atoms with Gasteiger partial charge in [-0.2, -0.15) is 0 Å². The lowest BCUT2D eigenvalue weighted by atomic mass is 9.95. The van der Waals surface area contributed by atoms with E-state index in [1.54, 1.807) is 0 Å². The van der Waals surface area contributed by atoms with Crippen LogP contribution in [0.25, 0.3) is 0 Å². The summed E-state index contributed by atoms with van der Waals surface area (Å²) >= 11 is 0. The number of hydrogen-bond donors (Lipinski definition) is 1. The molecule has 1 rings (SSSR count). The van der Waals surface area contributed by atoms with Gasteiger partial charge < -0.3 is 10.2 Å². The van der Waals surface area contributed by atoms with Crippen LogP contribution in [0.1, 0.15) is 33.6 Å². The Morgan fingerprint density at radius 2 is 1.80 bits per heavy atom. The Hall–Kier alpha value is -0.570. The van der Waals surface area contributed by atoms with Gasteiger partial charge in [-0.25, -0.2) is 0 Å². The smallest absolute Gasteiger partial charge is 0.225 e. The van der Waals surface area contributed by atoms with Gasteiger partial charge >= 0.3 is 0 Å². The van der Waals surface area contributed by atoms with Gasteiger partial charge in [-0.3, -0.25) is 4.79 Å². The highest BCUT2D eigenvalue weighted by atomic mass is 16.2. The molecule has 1 unspecified atom stereocenters. The van der Waals surface area contributed by atoms with Crippen LogP contribution in [0, 0.1) is 11.8 Å². The summed E-state index contributed by atoms with van der Waals surface area (Å²) < 4.78 is 0. The molecule has 0 aliphatic carbocycles. The molecule has 0 bridgehead atoms. The van der Waals surface area contributed by atoms with Crippen molar-refractivity contribution in [2.24, 2.45) is 11.8 Å². The van der Waals surface area contributed by atoms with Gasteiger partial charge in [-0.1, -0.05) is 13.8 Å². The van der Waals surface area contributed by atoms with Crippen molar-refractivity contribution in [1.29, 1.82) is 0 Å². The Kier molecular flexibility index (Phi) is 4.58. The standard InChI is InChI=1S/C12H24N2O/c1-9(2)10(3)14(4)12(15)11-5-7-13-8-6-11/h9-11,13H,5-8H2,1-4H3. The van der Waals surface area contributed by atoms with Crippen LogP contribution in [-0.2, 0) is 4.79 Å². The van der Waals surface area contributed by atoms with E-state index in [1.165, 1.54) is 0 Å². The van der Waals surface area contributed by atoms with Crippen LogP contribution < -0.4 is 5.32 Å². The molecule has 3 nitrogen and oxygen atoms in total. The third kappa shape index (κ3) is 3.20. The number of rotatable bonds is 3. The van der Waals surface area contributed by atoms with E-state index in [0.717, 1.165) is 25.9 Å². The quantitative estimate of drug-likeness (QED) is 0.768. The van der Waals surface area contributed by atoms with Crippen molar-refractivity contribution >= 4 is 5.91 Å². The molecule has 1 aliphatic heterocycles. The first-order chi connectivity index (χ1) is 7.04. The minimum atomic E-state index is 0.248. The molecule has 0 aromatic heterocycles. The van der Waals surface area contributed by atoms with Crippen LogP contribution in [0.4, 0.5) is 0 Å². The molecule has 88 valence electrons. The van der Waals surface area contributed by atoms with E-state index in [2.05, 4.69) is 26.1 Å². The third-order valence-corrected chi connectivity index (χ3v) is 3.61. The second kappa shape index (κ2) is 5.50. The Morgan fingerprint density at radius 1 is 1.27 bits per heavy atom. The average Bonchev–Trinajstić information content (AvgIpc) is 2.27. The Bertz CT molecular complexity index is 210. The van der Waals surface area contributed by atoms with Crippen LogP contribution in [0.5, 0.6) is 0 Å². The van der Waals surface area contributed by atoms with Crippen molar-refractivity contribution in [2.45, 2.75) is 39.7 Å². The van der Waals surface area contributed by atoms with E-state index in [9.17, 15) is 4.79 Å². The molecule has 1 fully saturated rings. The molecule has 1 atom stereocenters. The monoisotopic (exact) mass is 212 g/mol. The maximum atomic E-state index is 12.1. The van der Waals surface area contributed by atoms with Gasteiger partial charge in [0.2, 0.25) is 5.91 Å². The number of carbonyl (C=O) groups is 1. The predicted octanol–water partition coefficient (Wildman–Crippen LogP) is 1.49. The number of piperidine rings is 1. The maximum Gasteiger partial charge on any atom is 0.225 e. The Labute approximate surface area is 93.2 Å². The molecule has 0 spiro atoms. The topological polar surface area (TPSA) is 32.3 Å². The first kappa shape index (κ1) is 12.5. The molecular weight excluding hydrogens is 188 g/mol. The average molecular weight is 212 g/mol. The molecule has 1 heterocycles. The summed E-state index contributed by atoms with van der Waals surface area (Å²) in [6.07, 6.45) is 1.99. The predicted molar refractivity (Wildman–Crippen MR) is 62.7 cm³/mol. The molecule has 3 heteroatoms. The van der Waals surface area contributed by atoms with Crippen molar-refractivity contribution in [3.05, 3.63) is 0 Å². The molecular formula is C12H24N2O. The Balaban J connectivity index is 2.50. The third-order valence-electron chi connectivity index (χ3n) is 3.61. The van der Waals surface area contributed by atoms with E-state index in [0.29, 0.717) is 17.9 Å². The Morgan fingerprint density at radius 3 is 2.27 bits per heavy atom. The van der Waals surface area contributed by atoms with Gasteiger partial charge in [0, 0.05) is 19.0 Å². The number of nitrogens with one attached hydrogen (secondary N) is 1. The highest BCUT2D eigenvalue weighted by Gasteiger charge is 2.27. The fourth-order valence-electron chi connectivity index (χ4n) is 2.00. The number of nitrogens with zero attached hydrogens (tertiary/aromatic N) is 1. The van der Waals surface area contributed by atoms with Gasteiger partial charge in [0.1, 0.15) is 0 Å². The van der Waals surface area contributed by atoms with Crippen molar-refractivity contribution < 1.29 is 4.79 Å². The zero-order chi connectivity index (χ0) is 11.4. The SMILES string of the molecule is CC(C)C(C)N(C)C(=O)C1CCNCC1. The summed E-state index contributed by atoms with van der Waals surface area (Å²) in [5.41, 5.74) is 0. The van der Waals surface area contributed by atoms with E-state index in [4.69, 9.17) is 0 Å². The van der Waals surface area contributed by atoms with E-state index >= 15 is 0 Å². The zero-order valence-corrected chi connectivity index (χ0v) is 10.4. The second-order valence-electron chi connectivity index (χ2n) is 4.96. The van der Waals surface area contributed by atoms with Gasteiger partial charge in [0.05, 0.1) is 0 Å². The molecule has 0 saturated carbocycles. The normalized spacial score (nSPS) is 20.3. The molecule has 1 N–H and O–H groups in total. The summed E-state index contributed by atoms with van der Waals surface area (Å²) in [4.78, 5) is 14.1. The summed E-state index contributed by atoms with van der Waals surface area (Å²) in [7, 11) is 1.94. The van der Waals surface area contributed by atoms with E-state index in [-0.39, 0.29) is 5.92 Å². The zero-order valence-electron chi connectivity index (χ0n) is 10.4. The van der Waals surface area contributed by atoms with Crippen LogP contribution >= 0.6 is 0 Å². The summed E-state index contributed by atoms with van der Waals surface area (Å²) in [6.45, 7) is 8.43. The van der Waals surface area contributed by atoms with Gasteiger partial charge in [-0.05, 0) is 38.8 Å². The summed E-state index contributed by atoms with van der Waals surface area (Å²) in [5.74, 6) is 1.11. The van der Waals surface area contributed by atoms with Crippen LogP contribution in [0.15, 0.2) is 0 Å². The molecule has 0 radical (unpaired) electrons. The van der Waals surface area contributed by atoms with Gasteiger partial charge in [0.15, 0.2) is 0 Å². The summed E-state index contributed by atoms with van der Waals surface area (Å²) in [5, 5.41) is 3.29. The molecule has 1 amide bonds. The molecule has 1 aliphatic rings. The number of carbonyl (C=O) groups excluding carboxylic acids is 1. The lowest BCUT2D eigenvalue weighted by molar-refractivity contribution is -0.137. The van der Waals surface area contributed by atoms with Gasteiger partial charge in [-0.15, -0.1) is 0 Å². The highest BCUT2D eigenvalue weighted by molar-refractivity contribution is 5.79. The van der Waals surface area contributed by atoms with Crippen molar-refractivity contribution in [3.63, 3.8) is 0 Å². The maximum absolute atomic E-state index is 12.1. The van der Waals surface area contributed by atoms with Crippen LogP contribution in [-0.4, -0.2) is 37.0 Å². The minimum absolute atomic E-state index is 0.248. The van der Waals surface area contributed by atoms with E-state index in [1.807, 2.05) is 11.9 Å². The van der Waals surface area contributed by atoms with Crippen LogP contribution in [0.2, 0.25) is 0 Å². The first-order valence-electron chi connectivity index (χ1n) is 6.01. The fraction of sp³-hybridized carbons (Fsp3) is 0.917. The van der Waals surface area contributed by atoms with E-state index < -0.39 is 0 Å².